The number of aromatic hydroxyl groups is 1. The van der Waals surface area contributed by atoms with Gasteiger partial charge in [-0.25, -0.2) is 8.42 Å². The molecule has 4 rings (SSSR count). The third-order valence-corrected chi connectivity index (χ3v) is 9.00. The van der Waals surface area contributed by atoms with E-state index in [0.29, 0.717) is 43.0 Å². The second-order valence-electron chi connectivity index (χ2n) is 9.88. The van der Waals surface area contributed by atoms with Crippen LogP contribution >= 0.6 is 0 Å². The van der Waals surface area contributed by atoms with Crippen LogP contribution in [0.5, 0.6) is 11.5 Å². The molecule has 1 fully saturated rings. The van der Waals surface area contributed by atoms with Gasteiger partial charge >= 0.3 is 0 Å². The Morgan fingerprint density at radius 1 is 1.24 bits per heavy atom. The minimum atomic E-state index is -3.83. The van der Waals surface area contributed by atoms with Crippen molar-refractivity contribution in [2.75, 3.05) is 45.9 Å². The number of hydrogen-bond acceptors (Lipinski definition) is 8. The topological polar surface area (TPSA) is 117 Å². The Morgan fingerprint density at radius 3 is 2.78 bits per heavy atom. The molecule has 1 spiro atoms. The number of carbonyl (C=O) groups is 1. The summed E-state index contributed by atoms with van der Waals surface area (Å²) < 4.78 is 39.9. The molecule has 9 nitrogen and oxygen atoms in total. The normalized spacial score (nSPS) is 21.1. The molecular formula is C27H36N2O7S. The number of ether oxygens (including phenoxy) is 2. The van der Waals surface area contributed by atoms with Gasteiger partial charge in [0.1, 0.15) is 17.1 Å². The highest BCUT2D eigenvalue weighted by Gasteiger charge is 2.44. The average Bonchev–Trinajstić information content (AvgIpc) is 2.84. The van der Waals surface area contributed by atoms with Gasteiger partial charge < -0.3 is 19.7 Å². The minimum Gasteiger partial charge on any atom is -0.508 e. The summed E-state index contributed by atoms with van der Waals surface area (Å²) >= 11 is 0. The molecule has 1 unspecified atom stereocenters. The van der Waals surface area contributed by atoms with Crippen LogP contribution in [-0.2, 0) is 14.8 Å². The number of ketones is 1. The molecule has 0 bridgehead atoms. The summed E-state index contributed by atoms with van der Waals surface area (Å²) in [5.41, 5.74) is 0.319. The number of aliphatic hydroxyl groups is 1. The molecule has 2 aliphatic heterocycles. The van der Waals surface area contributed by atoms with Gasteiger partial charge in [-0.1, -0.05) is 18.2 Å². The van der Waals surface area contributed by atoms with E-state index in [1.165, 1.54) is 16.4 Å². The molecule has 0 radical (unpaired) electrons. The van der Waals surface area contributed by atoms with Gasteiger partial charge in [-0.05, 0) is 63.1 Å². The number of nitrogens with zero attached hydrogens (tertiary/aromatic N) is 2. The summed E-state index contributed by atoms with van der Waals surface area (Å²) in [5, 5.41) is 20.7. The fourth-order valence-electron chi connectivity index (χ4n) is 5.25. The molecule has 202 valence electrons. The molecule has 37 heavy (non-hydrogen) atoms. The van der Waals surface area contributed by atoms with E-state index in [4.69, 9.17) is 9.47 Å². The number of likely N-dealkylation sites (tertiary alicyclic amines) is 1. The third-order valence-electron chi connectivity index (χ3n) is 6.98. The zero-order valence-corrected chi connectivity index (χ0v) is 22.2. The Balaban J connectivity index is 1.45. The fourth-order valence-corrected chi connectivity index (χ4v) is 6.94. The van der Waals surface area contributed by atoms with Gasteiger partial charge in [-0.3, -0.25) is 9.69 Å². The number of piperidine rings is 1. The molecule has 0 aliphatic carbocycles. The van der Waals surface area contributed by atoms with E-state index in [1.54, 1.807) is 37.3 Å². The Hall–Kier alpha value is -2.50. The fraction of sp³-hybridized carbons (Fsp3) is 0.519. The predicted molar refractivity (Wildman–Crippen MR) is 139 cm³/mol. The first-order valence-electron chi connectivity index (χ1n) is 12.7. The number of β-amino-alcohol motifs (C(OH)–C–C–N with tert-alkyl or cyclic N) is 1. The first-order chi connectivity index (χ1) is 17.6. The van der Waals surface area contributed by atoms with Crippen molar-refractivity contribution in [2.24, 2.45) is 0 Å². The van der Waals surface area contributed by atoms with Gasteiger partial charge in [0.2, 0.25) is 10.0 Å². The van der Waals surface area contributed by atoms with Gasteiger partial charge in [0.25, 0.3) is 0 Å². The van der Waals surface area contributed by atoms with E-state index >= 15 is 0 Å². The predicted octanol–water partition coefficient (Wildman–Crippen LogP) is 2.59. The van der Waals surface area contributed by atoms with Crippen LogP contribution in [0.1, 0.15) is 42.1 Å². The summed E-state index contributed by atoms with van der Waals surface area (Å²) in [6.45, 7) is 5.76. The van der Waals surface area contributed by atoms with Crippen LogP contribution in [0.15, 0.2) is 47.4 Å². The quantitative estimate of drug-likeness (QED) is 0.449. The van der Waals surface area contributed by atoms with E-state index in [9.17, 15) is 23.4 Å². The first kappa shape index (κ1) is 27.5. The third kappa shape index (κ3) is 6.32. The summed E-state index contributed by atoms with van der Waals surface area (Å²) in [7, 11) is -3.83. The lowest BCUT2D eigenvalue weighted by Gasteiger charge is -2.45. The number of aliphatic hydroxyl groups excluding tert-OH is 1. The number of sulfonamides is 1. The zero-order chi connectivity index (χ0) is 26.6. The largest absolute Gasteiger partial charge is 0.508 e. The number of fused-ring (bicyclic) bond motifs is 1. The summed E-state index contributed by atoms with van der Waals surface area (Å²) in [4.78, 5) is 15.1. The Bertz CT molecular complexity index is 1220. The molecule has 0 amide bonds. The van der Waals surface area contributed by atoms with Crippen molar-refractivity contribution in [1.82, 2.24) is 9.21 Å². The van der Waals surface area contributed by atoms with Crippen molar-refractivity contribution in [2.45, 2.75) is 49.7 Å². The molecule has 2 N–H and O–H groups in total. The average molecular weight is 533 g/mol. The van der Waals surface area contributed by atoms with Gasteiger partial charge in [0, 0.05) is 32.8 Å². The number of phenols is 1. The van der Waals surface area contributed by atoms with E-state index in [-0.39, 0.29) is 49.1 Å². The van der Waals surface area contributed by atoms with Crippen LogP contribution in [0.3, 0.4) is 0 Å². The van der Waals surface area contributed by atoms with Crippen molar-refractivity contribution in [3.63, 3.8) is 0 Å². The van der Waals surface area contributed by atoms with E-state index in [0.717, 1.165) is 6.42 Å². The molecule has 2 aliphatic rings. The summed E-state index contributed by atoms with van der Waals surface area (Å²) in [6, 6.07) is 11.4. The van der Waals surface area contributed by atoms with Crippen LogP contribution < -0.4 is 4.74 Å². The lowest BCUT2D eigenvalue weighted by Crippen LogP contribution is -2.56. The van der Waals surface area contributed by atoms with Gasteiger partial charge in [-0.2, -0.15) is 4.31 Å². The molecule has 2 atom stereocenters. The molecule has 10 heteroatoms. The Morgan fingerprint density at radius 2 is 2.03 bits per heavy atom. The van der Waals surface area contributed by atoms with Crippen LogP contribution in [0.4, 0.5) is 0 Å². The van der Waals surface area contributed by atoms with E-state index in [1.807, 2.05) is 11.8 Å². The van der Waals surface area contributed by atoms with Crippen molar-refractivity contribution >= 4 is 15.8 Å². The Kier molecular flexibility index (Phi) is 8.55. The smallest absolute Gasteiger partial charge is 0.243 e. The number of rotatable bonds is 10. The maximum absolute atomic E-state index is 13.5. The summed E-state index contributed by atoms with van der Waals surface area (Å²) in [5.74, 6) is 0.406. The zero-order valence-electron chi connectivity index (χ0n) is 21.4. The van der Waals surface area contributed by atoms with Crippen LogP contribution in [0, 0.1) is 6.92 Å². The van der Waals surface area contributed by atoms with E-state index in [2.05, 4.69) is 0 Å². The molecule has 2 aromatic rings. The molecule has 0 aromatic heterocycles. The highest BCUT2D eigenvalue weighted by molar-refractivity contribution is 7.89. The molecule has 1 saturated heterocycles. The van der Waals surface area contributed by atoms with Gasteiger partial charge in [0.05, 0.1) is 29.6 Å². The lowest BCUT2D eigenvalue weighted by molar-refractivity contribution is -0.0305. The van der Waals surface area contributed by atoms with Crippen LogP contribution in [0.25, 0.3) is 0 Å². The highest BCUT2D eigenvalue weighted by Crippen LogP contribution is 2.39. The number of Topliss-reactive ketones (excluding diaryl/α,β-unsaturated/α-hetero) is 1. The number of hydrogen-bond donors (Lipinski definition) is 2. The number of aryl methyl sites for hydroxylation is 1. The SMILES string of the molecule is CCOCCN(C[C@@H](O)CN1CCCC2(CC(=O)c3cc(O)ccc3O2)C1)S(=O)(=O)c1ccccc1C. The van der Waals surface area contributed by atoms with Gasteiger partial charge in [-0.15, -0.1) is 0 Å². The van der Waals surface area contributed by atoms with E-state index < -0.39 is 21.7 Å². The molecule has 2 aromatic carbocycles. The number of benzene rings is 2. The van der Waals surface area contributed by atoms with Crippen LogP contribution in [-0.4, -0.2) is 91.3 Å². The standard InChI is InChI=1S/C27H36N2O7S/c1-3-35-14-13-29(37(33,34)26-8-5-4-7-20(26)2)18-22(31)17-28-12-6-11-27(19-28)16-24(32)23-15-21(30)9-10-25(23)36-27/h4-5,7-10,15,22,30-31H,3,6,11-14,16-19H2,1-2H3/t22-,27?/m0/s1. The van der Waals surface area contributed by atoms with Crippen molar-refractivity contribution in [1.29, 1.82) is 0 Å². The van der Waals surface area contributed by atoms with Crippen molar-refractivity contribution in [3.8, 4) is 11.5 Å². The van der Waals surface area contributed by atoms with Crippen molar-refractivity contribution in [3.05, 3.63) is 53.6 Å². The number of phenolic OH excluding ortho intramolecular Hbond substituents is 1. The first-order valence-corrected chi connectivity index (χ1v) is 14.2. The maximum Gasteiger partial charge on any atom is 0.243 e. The molecule has 0 saturated carbocycles. The maximum atomic E-state index is 13.5. The van der Waals surface area contributed by atoms with Crippen LogP contribution in [0.2, 0.25) is 0 Å². The second kappa shape index (κ2) is 11.5. The monoisotopic (exact) mass is 532 g/mol. The lowest BCUT2D eigenvalue weighted by atomic mass is 9.83. The highest BCUT2D eigenvalue weighted by atomic mass is 32.2. The van der Waals surface area contributed by atoms with Crippen molar-refractivity contribution < 1.29 is 32.9 Å². The molecular weight excluding hydrogens is 496 g/mol. The minimum absolute atomic E-state index is 0.0228. The second-order valence-corrected chi connectivity index (χ2v) is 11.8. The number of carbonyl (C=O) groups excluding carboxylic acids is 1. The Labute approximate surface area is 218 Å². The molecule has 2 heterocycles. The summed E-state index contributed by atoms with van der Waals surface area (Å²) in [6.07, 6.45) is 0.730. The van der Waals surface area contributed by atoms with Gasteiger partial charge in [0.15, 0.2) is 5.78 Å².